The van der Waals surface area contributed by atoms with Gasteiger partial charge in [0.05, 0.1) is 11.4 Å². The largest absolute Gasteiger partial charge is 0.378 e. The maximum Gasteiger partial charge on any atom is 0.0877 e. The van der Waals surface area contributed by atoms with Gasteiger partial charge in [0.2, 0.25) is 0 Å². The maximum absolute atomic E-state index is 6.11. The second-order valence-corrected chi connectivity index (χ2v) is 7.21. The third kappa shape index (κ3) is 3.31. The maximum atomic E-state index is 6.11. The van der Waals surface area contributed by atoms with Crippen molar-refractivity contribution in [3.05, 3.63) is 62.0 Å². The van der Waals surface area contributed by atoms with Crippen molar-refractivity contribution in [3.8, 4) is 5.69 Å². The van der Waals surface area contributed by atoms with Crippen LogP contribution in [-0.4, -0.2) is 9.78 Å². The summed E-state index contributed by atoms with van der Waals surface area (Å²) >= 11 is 11.4. The summed E-state index contributed by atoms with van der Waals surface area (Å²) in [6.45, 7) is 2.86. The van der Waals surface area contributed by atoms with Crippen LogP contribution < -0.4 is 5.32 Å². The van der Waals surface area contributed by atoms with Crippen molar-refractivity contribution in [2.75, 3.05) is 5.32 Å². The number of benzene rings is 1. The number of thiophene rings is 1. The molecule has 0 aliphatic rings. The molecule has 2 aromatic heterocycles. The highest BCUT2D eigenvalue weighted by molar-refractivity contribution is 9.10. The van der Waals surface area contributed by atoms with Crippen molar-refractivity contribution in [1.82, 2.24) is 9.78 Å². The molecular weight excluding hydrogens is 370 g/mol. The zero-order valence-electron chi connectivity index (χ0n) is 11.3. The molecule has 108 valence electrons. The number of anilines is 1. The van der Waals surface area contributed by atoms with E-state index in [9.17, 15) is 0 Å². The fourth-order valence-electron chi connectivity index (χ4n) is 2.05. The molecule has 1 aromatic carbocycles. The van der Waals surface area contributed by atoms with Crippen molar-refractivity contribution >= 4 is 44.6 Å². The summed E-state index contributed by atoms with van der Waals surface area (Å²) in [5, 5.41) is 8.43. The molecule has 3 aromatic rings. The van der Waals surface area contributed by atoms with Crippen LogP contribution in [0.25, 0.3) is 5.69 Å². The molecule has 0 spiro atoms. The van der Waals surface area contributed by atoms with E-state index in [2.05, 4.69) is 39.3 Å². The summed E-state index contributed by atoms with van der Waals surface area (Å²) in [6.07, 6.45) is 3.68. The van der Waals surface area contributed by atoms with Crippen LogP contribution in [-0.2, 0) is 6.54 Å². The predicted molar refractivity (Wildman–Crippen MR) is 92.7 cm³/mol. The van der Waals surface area contributed by atoms with E-state index < -0.39 is 0 Å². The van der Waals surface area contributed by atoms with Crippen LogP contribution in [0, 0.1) is 6.92 Å². The SMILES string of the molecule is Cc1sc(CNc2cc(Cl)ccc2-n2cccn2)cc1Br. The predicted octanol–water partition coefficient (Wildman–Crippen LogP) is 5.27. The highest BCUT2D eigenvalue weighted by Gasteiger charge is 2.08. The highest BCUT2D eigenvalue weighted by Crippen LogP contribution is 2.29. The molecule has 0 aliphatic heterocycles. The van der Waals surface area contributed by atoms with Gasteiger partial charge in [0.1, 0.15) is 0 Å². The molecule has 21 heavy (non-hydrogen) atoms. The molecule has 0 bridgehead atoms. The van der Waals surface area contributed by atoms with E-state index in [0.717, 1.165) is 22.4 Å². The van der Waals surface area contributed by atoms with Crippen LogP contribution in [0.2, 0.25) is 5.02 Å². The van der Waals surface area contributed by atoms with Crippen molar-refractivity contribution in [2.24, 2.45) is 0 Å². The molecule has 0 saturated carbocycles. The topological polar surface area (TPSA) is 29.9 Å². The van der Waals surface area contributed by atoms with Gasteiger partial charge in [-0.2, -0.15) is 5.10 Å². The van der Waals surface area contributed by atoms with Gasteiger partial charge in [-0.3, -0.25) is 0 Å². The van der Waals surface area contributed by atoms with Gasteiger partial charge in [-0.1, -0.05) is 11.6 Å². The molecule has 0 radical (unpaired) electrons. The van der Waals surface area contributed by atoms with E-state index in [1.54, 1.807) is 17.5 Å². The number of rotatable bonds is 4. The first kappa shape index (κ1) is 14.6. The zero-order chi connectivity index (χ0) is 14.8. The second-order valence-electron chi connectivity index (χ2n) is 4.58. The van der Waals surface area contributed by atoms with Gasteiger partial charge in [0, 0.05) is 38.2 Å². The lowest BCUT2D eigenvalue weighted by Crippen LogP contribution is -2.04. The smallest absolute Gasteiger partial charge is 0.0877 e. The van der Waals surface area contributed by atoms with E-state index in [4.69, 9.17) is 11.6 Å². The normalized spacial score (nSPS) is 10.8. The van der Waals surface area contributed by atoms with Gasteiger partial charge in [0.25, 0.3) is 0 Å². The minimum Gasteiger partial charge on any atom is -0.378 e. The van der Waals surface area contributed by atoms with E-state index in [-0.39, 0.29) is 0 Å². The molecule has 0 saturated heterocycles. The molecule has 6 heteroatoms. The van der Waals surface area contributed by atoms with Crippen LogP contribution in [0.5, 0.6) is 0 Å². The van der Waals surface area contributed by atoms with Crippen molar-refractivity contribution in [2.45, 2.75) is 13.5 Å². The molecule has 0 fully saturated rings. The molecule has 0 amide bonds. The number of aromatic nitrogens is 2. The van der Waals surface area contributed by atoms with Gasteiger partial charge in [-0.25, -0.2) is 4.68 Å². The fraction of sp³-hybridized carbons (Fsp3) is 0.133. The Bertz CT molecular complexity index is 733. The lowest BCUT2D eigenvalue weighted by molar-refractivity contribution is 0.879. The number of halogens is 2. The number of nitrogens with one attached hydrogen (secondary N) is 1. The molecule has 0 unspecified atom stereocenters. The van der Waals surface area contributed by atoms with Crippen molar-refractivity contribution in [3.63, 3.8) is 0 Å². The van der Waals surface area contributed by atoms with Crippen LogP contribution in [0.4, 0.5) is 5.69 Å². The van der Waals surface area contributed by atoms with E-state index >= 15 is 0 Å². The first-order chi connectivity index (χ1) is 10.1. The van der Waals surface area contributed by atoms with Gasteiger partial charge in [0.15, 0.2) is 0 Å². The zero-order valence-corrected chi connectivity index (χ0v) is 14.5. The van der Waals surface area contributed by atoms with Gasteiger partial charge in [-0.15, -0.1) is 11.3 Å². The molecule has 1 N–H and O–H groups in total. The Morgan fingerprint density at radius 2 is 2.24 bits per heavy atom. The van der Waals surface area contributed by atoms with Gasteiger partial charge < -0.3 is 5.32 Å². The first-order valence-electron chi connectivity index (χ1n) is 6.42. The van der Waals surface area contributed by atoms with Crippen LogP contribution >= 0.6 is 38.9 Å². The van der Waals surface area contributed by atoms with Gasteiger partial charge in [-0.05, 0) is 53.2 Å². The molecule has 0 aliphatic carbocycles. The summed E-state index contributed by atoms with van der Waals surface area (Å²) in [5.74, 6) is 0. The average molecular weight is 383 g/mol. The fourth-order valence-corrected chi connectivity index (χ4v) is 3.76. The number of aryl methyl sites for hydroxylation is 1. The Morgan fingerprint density at radius 3 is 2.90 bits per heavy atom. The van der Waals surface area contributed by atoms with E-state index in [1.807, 2.05) is 35.1 Å². The number of hydrogen-bond acceptors (Lipinski definition) is 3. The second kappa shape index (κ2) is 6.22. The lowest BCUT2D eigenvalue weighted by Gasteiger charge is -2.12. The first-order valence-corrected chi connectivity index (χ1v) is 8.40. The summed E-state index contributed by atoms with van der Waals surface area (Å²) in [5.41, 5.74) is 1.95. The van der Waals surface area contributed by atoms with Gasteiger partial charge >= 0.3 is 0 Å². The molecular formula is C15H13BrClN3S. The molecule has 3 nitrogen and oxygen atoms in total. The Labute approximate surface area is 140 Å². The molecule has 2 heterocycles. The Balaban J connectivity index is 1.86. The third-order valence-corrected chi connectivity index (χ3v) is 5.44. The quantitative estimate of drug-likeness (QED) is 0.666. The number of hydrogen-bond donors (Lipinski definition) is 1. The standard InChI is InChI=1S/C15H13BrClN3S/c1-10-13(16)8-12(21-10)9-18-14-7-11(17)3-4-15(14)20-6-2-5-19-20/h2-8,18H,9H2,1H3. The summed E-state index contributed by atoms with van der Waals surface area (Å²) in [6, 6.07) is 9.81. The van der Waals surface area contributed by atoms with Crippen LogP contribution in [0.3, 0.4) is 0 Å². The summed E-state index contributed by atoms with van der Waals surface area (Å²) in [4.78, 5) is 2.55. The Hall–Kier alpha value is -1.30. The van der Waals surface area contributed by atoms with E-state index in [0.29, 0.717) is 5.02 Å². The van der Waals surface area contributed by atoms with E-state index in [1.165, 1.54) is 9.75 Å². The highest BCUT2D eigenvalue weighted by atomic mass is 79.9. The third-order valence-electron chi connectivity index (χ3n) is 3.07. The van der Waals surface area contributed by atoms with Crippen molar-refractivity contribution < 1.29 is 0 Å². The van der Waals surface area contributed by atoms with Crippen LogP contribution in [0.1, 0.15) is 9.75 Å². The molecule has 0 atom stereocenters. The molecule has 3 rings (SSSR count). The summed E-state index contributed by atoms with van der Waals surface area (Å²) < 4.78 is 2.98. The Kier molecular flexibility index (Phi) is 4.33. The summed E-state index contributed by atoms with van der Waals surface area (Å²) in [7, 11) is 0. The minimum absolute atomic E-state index is 0.706. The van der Waals surface area contributed by atoms with Crippen LogP contribution in [0.15, 0.2) is 47.2 Å². The number of nitrogens with zero attached hydrogens (tertiary/aromatic N) is 2. The monoisotopic (exact) mass is 381 g/mol. The van der Waals surface area contributed by atoms with Crippen molar-refractivity contribution in [1.29, 1.82) is 0 Å². The average Bonchev–Trinajstić information content (AvgIpc) is 3.08. The lowest BCUT2D eigenvalue weighted by atomic mass is 10.2. The minimum atomic E-state index is 0.706. The Morgan fingerprint density at radius 1 is 1.38 bits per heavy atom.